The molecule has 2 aromatic rings. The van der Waals surface area contributed by atoms with Crippen molar-refractivity contribution in [3.8, 4) is 0 Å². The van der Waals surface area contributed by atoms with E-state index in [9.17, 15) is 9.59 Å². The van der Waals surface area contributed by atoms with Crippen LogP contribution < -0.4 is 0 Å². The fourth-order valence-electron chi connectivity index (χ4n) is 2.44. The number of hydrogen-bond donors (Lipinski definition) is 0. The van der Waals surface area contributed by atoms with Crippen LogP contribution in [-0.2, 0) is 27.4 Å². The maximum atomic E-state index is 12.5. The van der Waals surface area contributed by atoms with Crippen LogP contribution in [0.5, 0.6) is 0 Å². The summed E-state index contributed by atoms with van der Waals surface area (Å²) in [6.07, 6.45) is 0. The van der Waals surface area contributed by atoms with Gasteiger partial charge in [0.25, 0.3) is 0 Å². The highest BCUT2D eigenvalue weighted by Crippen LogP contribution is 2.18. The van der Waals surface area contributed by atoms with Crippen LogP contribution in [0.2, 0.25) is 0 Å². The van der Waals surface area contributed by atoms with Crippen molar-refractivity contribution in [1.29, 1.82) is 0 Å². The van der Waals surface area contributed by atoms with Gasteiger partial charge >= 0.3 is 11.9 Å². The van der Waals surface area contributed by atoms with Gasteiger partial charge in [-0.25, -0.2) is 4.79 Å². The summed E-state index contributed by atoms with van der Waals surface area (Å²) in [6.45, 7) is 8.17. The lowest BCUT2D eigenvalue weighted by Gasteiger charge is -2.28. The number of esters is 2. The summed E-state index contributed by atoms with van der Waals surface area (Å²) in [5, 5.41) is 0. The summed E-state index contributed by atoms with van der Waals surface area (Å²) in [7, 11) is 0. The van der Waals surface area contributed by atoms with E-state index in [1.165, 1.54) is 0 Å². The fraction of sp³-hybridized carbons (Fsp3) is 0.364. The Labute approximate surface area is 155 Å². The van der Waals surface area contributed by atoms with Crippen molar-refractivity contribution < 1.29 is 14.3 Å². The first-order valence-electron chi connectivity index (χ1n) is 8.85. The Kier molecular flexibility index (Phi) is 6.70. The van der Waals surface area contributed by atoms with Crippen molar-refractivity contribution in [3.05, 3.63) is 71.8 Å². The Morgan fingerprint density at radius 3 is 1.69 bits per heavy atom. The second-order valence-electron chi connectivity index (χ2n) is 7.51. The summed E-state index contributed by atoms with van der Waals surface area (Å²) < 4.78 is 5.11. The van der Waals surface area contributed by atoms with Crippen LogP contribution >= 0.6 is 0 Å². The van der Waals surface area contributed by atoms with Gasteiger partial charge in [0.05, 0.1) is 5.41 Å². The number of carbonyl (C=O) groups is 2. The van der Waals surface area contributed by atoms with E-state index in [4.69, 9.17) is 4.74 Å². The molecular formula is C22H27NO3. The van der Waals surface area contributed by atoms with E-state index in [0.29, 0.717) is 13.1 Å². The Hall–Kier alpha value is -2.46. The third-order valence-electron chi connectivity index (χ3n) is 4.15. The van der Waals surface area contributed by atoms with Crippen LogP contribution in [0.15, 0.2) is 60.7 Å². The predicted molar refractivity (Wildman–Crippen MR) is 102 cm³/mol. The van der Waals surface area contributed by atoms with E-state index >= 15 is 0 Å². The minimum atomic E-state index is -0.709. The maximum absolute atomic E-state index is 12.5. The molecule has 4 heteroatoms. The highest BCUT2D eigenvalue weighted by atomic mass is 16.6. The SMILES string of the molecule is C[C@@H](C(=O)OC(=O)C(C)(C)C)N(Cc1ccccc1)Cc1ccccc1. The van der Waals surface area contributed by atoms with Gasteiger partial charge in [-0.05, 0) is 38.8 Å². The molecule has 0 amide bonds. The molecule has 0 radical (unpaired) electrons. The number of rotatable bonds is 6. The molecule has 0 saturated heterocycles. The predicted octanol–water partition coefficient (Wildman–Crippen LogP) is 4.19. The minimum Gasteiger partial charge on any atom is -0.392 e. The summed E-state index contributed by atoms with van der Waals surface area (Å²) >= 11 is 0. The molecule has 0 aromatic heterocycles. The first kappa shape index (κ1) is 19.9. The van der Waals surface area contributed by atoms with Gasteiger partial charge < -0.3 is 4.74 Å². The van der Waals surface area contributed by atoms with E-state index in [1.54, 1.807) is 27.7 Å². The molecule has 0 bridgehead atoms. The number of benzene rings is 2. The van der Waals surface area contributed by atoms with Crippen molar-refractivity contribution in [2.24, 2.45) is 5.41 Å². The molecule has 2 aromatic carbocycles. The van der Waals surface area contributed by atoms with Crippen LogP contribution in [0.1, 0.15) is 38.8 Å². The normalized spacial score (nSPS) is 12.7. The van der Waals surface area contributed by atoms with Crippen molar-refractivity contribution >= 4 is 11.9 Å². The standard InChI is InChI=1S/C22H27NO3/c1-17(20(24)26-21(25)22(2,3)4)23(15-18-11-7-5-8-12-18)16-19-13-9-6-10-14-19/h5-14,17H,15-16H2,1-4H3/t17-/m0/s1. The van der Waals surface area contributed by atoms with Crippen LogP contribution in [0.4, 0.5) is 0 Å². The van der Waals surface area contributed by atoms with Crippen LogP contribution in [0.25, 0.3) is 0 Å². The molecular weight excluding hydrogens is 326 g/mol. The molecule has 0 saturated carbocycles. The summed E-state index contributed by atoms with van der Waals surface area (Å²) in [6, 6.07) is 19.4. The second-order valence-corrected chi connectivity index (χ2v) is 7.51. The zero-order valence-electron chi connectivity index (χ0n) is 15.9. The van der Waals surface area contributed by atoms with Crippen molar-refractivity contribution in [2.45, 2.75) is 46.8 Å². The van der Waals surface area contributed by atoms with Gasteiger partial charge in [0.1, 0.15) is 6.04 Å². The molecule has 0 aliphatic rings. The van der Waals surface area contributed by atoms with Crippen molar-refractivity contribution in [3.63, 3.8) is 0 Å². The molecule has 0 N–H and O–H groups in total. The Morgan fingerprint density at radius 1 is 0.885 bits per heavy atom. The smallest absolute Gasteiger partial charge is 0.330 e. The summed E-state index contributed by atoms with van der Waals surface area (Å²) in [5.41, 5.74) is 1.49. The minimum absolute atomic E-state index is 0.506. The van der Waals surface area contributed by atoms with Gasteiger partial charge in [-0.15, -0.1) is 0 Å². The van der Waals surface area contributed by atoms with Crippen LogP contribution in [0, 0.1) is 5.41 Å². The zero-order chi connectivity index (χ0) is 19.2. The largest absolute Gasteiger partial charge is 0.392 e. The Bertz CT molecular complexity index is 679. The van der Waals surface area contributed by atoms with E-state index < -0.39 is 23.4 Å². The topological polar surface area (TPSA) is 46.6 Å². The zero-order valence-corrected chi connectivity index (χ0v) is 15.9. The van der Waals surface area contributed by atoms with Crippen LogP contribution in [0.3, 0.4) is 0 Å². The summed E-state index contributed by atoms with van der Waals surface area (Å²) in [4.78, 5) is 26.6. The monoisotopic (exact) mass is 353 g/mol. The van der Waals surface area contributed by atoms with E-state index in [1.807, 2.05) is 65.6 Å². The Balaban J connectivity index is 2.16. The average Bonchev–Trinajstić information content (AvgIpc) is 2.61. The molecule has 0 unspecified atom stereocenters. The summed E-state index contributed by atoms with van der Waals surface area (Å²) in [5.74, 6) is -1.02. The van der Waals surface area contributed by atoms with Gasteiger partial charge in [-0.2, -0.15) is 0 Å². The fourth-order valence-corrected chi connectivity index (χ4v) is 2.44. The molecule has 0 aliphatic carbocycles. The second kappa shape index (κ2) is 8.77. The molecule has 0 heterocycles. The van der Waals surface area contributed by atoms with Gasteiger partial charge in [-0.3, -0.25) is 9.69 Å². The molecule has 0 aliphatic heterocycles. The third-order valence-corrected chi connectivity index (χ3v) is 4.15. The Morgan fingerprint density at radius 2 is 1.31 bits per heavy atom. The third kappa shape index (κ3) is 5.81. The van der Waals surface area contributed by atoms with E-state index in [-0.39, 0.29) is 0 Å². The van der Waals surface area contributed by atoms with Gasteiger partial charge in [0.15, 0.2) is 0 Å². The number of ether oxygens (including phenoxy) is 1. The van der Waals surface area contributed by atoms with Crippen molar-refractivity contribution in [1.82, 2.24) is 4.90 Å². The van der Waals surface area contributed by atoms with Crippen LogP contribution in [-0.4, -0.2) is 22.9 Å². The number of carbonyl (C=O) groups excluding carboxylic acids is 2. The molecule has 0 fully saturated rings. The molecule has 138 valence electrons. The lowest BCUT2D eigenvalue weighted by atomic mass is 9.97. The average molecular weight is 353 g/mol. The lowest BCUT2D eigenvalue weighted by molar-refractivity contribution is -0.169. The molecule has 2 rings (SSSR count). The van der Waals surface area contributed by atoms with E-state index in [2.05, 4.69) is 0 Å². The highest BCUT2D eigenvalue weighted by Gasteiger charge is 2.30. The lowest BCUT2D eigenvalue weighted by Crippen LogP contribution is -2.41. The quantitative estimate of drug-likeness (QED) is 0.577. The van der Waals surface area contributed by atoms with Gasteiger partial charge in [0.2, 0.25) is 0 Å². The van der Waals surface area contributed by atoms with E-state index in [0.717, 1.165) is 11.1 Å². The molecule has 0 spiro atoms. The maximum Gasteiger partial charge on any atom is 0.330 e. The van der Waals surface area contributed by atoms with Gasteiger partial charge in [-0.1, -0.05) is 60.7 Å². The number of nitrogens with zero attached hydrogens (tertiary/aromatic N) is 1. The first-order chi connectivity index (χ1) is 12.3. The highest BCUT2D eigenvalue weighted by molar-refractivity contribution is 5.90. The molecule has 1 atom stereocenters. The molecule has 26 heavy (non-hydrogen) atoms. The molecule has 4 nitrogen and oxygen atoms in total. The van der Waals surface area contributed by atoms with Crippen molar-refractivity contribution in [2.75, 3.05) is 0 Å². The first-order valence-corrected chi connectivity index (χ1v) is 8.85. The van der Waals surface area contributed by atoms with Gasteiger partial charge in [0, 0.05) is 13.1 Å². The number of hydrogen-bond acceptors (Lipinski definition) is 4.